The fourth-order valence-electron chi connectivity index (χ4n) is 1.91. The van der Waals surface area contributed by atoms with Gasteiger partial charge in [-0.15, -0.1) is 0 Å². The van der Waals surface area contributed by atoms with Crippen LogP contribution in [-0.2, 0) is 13.0 Å². The zero-order chi connectivity index (χ0) is 13.7. The summed E-state index contributed by atoms with van der Waals surface area (Å²) in [5.41, 5.74) is 2.47. The van der Waals surface area contributed by atoms with E-state index in [1.807, 2.05) is 20.2 Å². The van der Waals surface area contributed by atoms with Gasteiger partial charge in [-0.2, -0.15) is 0 Å². The van der Waals surface area contributed by atoms with Crippen molar-refractivity contribution >= 4 is 11.5 Å². The van der Waals surface area contributed by atoms with Crippen molar-refractivity contribution in [2.45, 2.75) is 19.9 Å². The molecule has 0 saturated heterocycles. The Labute approximate surface area is 114 Å². The molecule has 2 aromatic rings. The van der Waals surface area contributed by atoms with Gasteiger partial charge in [0.1, 0.15) is 11.6 Å². The minimum Gasteiger partial charge on any atom is -0.329 e. The molecule has 4 nitrogen and oxygen atoms in total. The molecule has 0 fully saturated rings. The van der Waals surface area contributed by atoms with Crippen molar-refractivity contribution < 1.29 is 0 Å². The Morgan fingerprint density at radius 3 is 2.53 bits per heavy atom. The van der Waals surface area contributed by atoms with E-state index in [-0.39, 0.29) is 0 Å². The summed E-state index contributed by atoms with van der Waals surface area (Å²) in [5, 5.41) is 3.06. The number of hydrogen-bond acceptors (Lipinski definition) is 4. The Kier molecular flexibility index (Phi) is 4.47. The molecule has 2 rings (SSSR count). The van der Waals surface area contributed by atoms with Crippen LogP contribution < -0.4 is 10.2 Å². The lowest BCUT2D eigenvalue weighted by Crippen LogP contribution is -2.15. The lowest BCUT2D eigenvalue weighted by Gasteiger charge is -2.19. The van der Waals surface area contributed by atoms with Crippen molar-refractivity contribution in [1.29, 1.82) is 0 Å². The molecule has 100 valence electrons. The Bertz CT molecular complexity index is 522. The number of rotatable bonds is 5. The van der Waals surface area contributed by atoms with Crippen LogP contribution in [0.15, 0.2) is 36.5 Å². The van der Waals surface area contributed by atoms with Gasteiger partial charge in [0, 0.05) is 18.9 Å². The first-order chi connectivity index (χ1) is 9.24. The van der Waals surface area contributed by atoms with Crippen molar-refractivity contribution in [3.8, 4) is 0 Å². The third-order valence-electron chi connectivity index (χ3n) is 3.10. The topological polar surface area (TPSA) is 41.1 Å². The molecule has 0 aliphatic carbocycles. The second-order valence-electron chi connectivity index (χ2n) is 4.44. The third kappa shape index (κ3) is 3.29. The SMILES string of the molecule is CCc1ccc(N(C)c2ccnc(CNC)n2)cc1. The molecule has 0 aliphatic heterocycles. The Morgan fingerprint density at radius 2 is 1.89 bits per heavy atom. The van der Waals surface area contributed by atoms with Crippen molar-refractivity contribution in [1.82, 2.24) is 15.3 Å². The number of aromatic nitrogens is 2. The van der Waals surface area contributed by atoms with Gasteiger partial charge >= 0.3 is 0 Å². The summed E-state index contributed by atoms with van der Waals surface area (Å²) in [4.78, 5) is 10.8. The molecule has 4 heteroatoms. The van der Waals surface area contributed by atoms with Crippen LogP contribution in [0.4, 0.5) is 11.5 Å². The minimum atomic E-state index is 0.677. The van der Waals surface area contributed by atoms with E-state index < -0.39 is 0 Å². The van der Waals surface area contributed by atoms with E-state index in [0.29, 0.717) is 6.54 Å². The Balaban J connectivity index is 2.22. The highest BCUT2D eigenvalue weighted by molar-refractivity contribution is 5.59. The third-order valence-corrected chi connectivity index (χ3v) is 3.10. The number of anilines is 2. The molecular weight excluding hydrogens is 236 g/mol. The molecule has 0 radical (unpaired) electrons. The predicted molar refractivity (Wildman–Crippen MR) is 78.7 cm³/mol. The molecule has 1 aromatic carbocycles. The molecule has 0 spiro atoms. The van der Waals surface area contributed by atoms with Gasteiger partial charge in [0.15, 0.2) is 0 Å². The molecule has 1 aromatic heterocycles. The van der Waals surface area contributed by atoms with E-state index >= 15 is 0 Å². The van der Waals surface area contributed by atoms with Crippen molar-refractivity contribution in [3.63, 3.8) is 0 Å². The largest absolute Gasteiger partial charge is 0.329 e. The van der Waals surface area contributed by atoms with Crippen LogP contribution in [0, 0.1) is 0 Å². The highest BCUT2D eigenvalue weighted by Gasteiger charge is 2.06. The van der Waals surface area contributed by atoms with Crippen molar-refractivity contribution in [2.24, 2.45) is 0 Å². The molecule has 0 saturated carbocycles. The van der Waals surface area contributed by atoms with Crippen LogP contribution in [0.3, 0.4) is 0 Å². The van der Waals surface area contributed by atoms with Gasteiger partial charge in [-0.1, -0.05) is 19.1 Å². The standard InChI is InChI=1S/C15H20N4/c1-4-12-5-7-13(8-6-12)19(3)15-9-10-17-14(18-15)11-16-2/h5-10,16H,4,11H2,1-3H3. The normalized spacial score (nSPS) is 10.5. The van der Waals surface area contributed by atoms with Gasteiger partial charge < -0.3 is 10.2 Å². The summed E-state index contributed by atoms with van der Waals surface area (Å²) in [7, 11) is 3.91. The molecule has 19 heavy (non-hydrogen) atoms. The first kappa shape index (κ1) is 13.5. The van der Waals surface area contributed by atoms with E-state index in [0.717, 1.165) is 23.8 Å². The molecular formula is C15H20N4. The molecule has 0 unspecified atom stereocenters. The summed E-state index contributed by atoms with van der Waals surface area (Å²) in [6.07, 6.45) is 2.86. The maximum atomic E-state index is 4.53. The van der Waals surface area contributed by atoms with Gasteiger partial charge in [-0.05, 0) is 37.2 Å². The fourth-order valence-corrected chi connectivity index (χ4v) is 1.91. The Hall–Kier alpha value is -1.94. The highest BCUT2D eigenvalue weighted by Crippen LogP contribution is 2.21. The molecule has 1 N–H and O–H groups in total. The van der Waals surface area contributed by atoms with E-state index in [1.165, 1.54) is 5.56 Å². The van der Waals surface area contributed by atoms with E-state index in [2.05, 4.69) is 51.4 Å². The molecule has 0 aliphatic rings. The number of aryl methyl sites for hydroxylation is 1. The zero-order valence-corrected chi connectivity index (χ0v) is 11.7. The fraction of sp³-hybridized carbons (Fsp3) is 0.333. The first-order valence-electron chi connectivity index (χ1n) is 6.53. The second kappa shape index (κ2) is 6.29. The monoisotopic (exact) mass is 256 g/mol. The summed E-state index contributed by atoms with van der Waals surface area (Å²) < 4.78 is 0. The van der Waals surface area contributed by atoms with Crippen LogP contribution in [-0.4, -0.2) is 24.1 Å². The van der Waals surface area contributed by atoms with Crippen LogP contribution >= 0.6 is 0 Å². The first-order valence-corrected chi connectivity index (χ1v) is 6.53. The average molecular weight is 256 g/mol. The molecule has 0 atom stereocenters. The van der Waals surface area contributed by atoms with Gasteiger partial charge in [0.2, 0.25) is 0 Å². The molecule has 0 bridgehead atoms. The number of hydrogen-bond donors (Lipinski definition) is 1. The van der Waals surface area contributed by atoms with Crippen molar-refractivity contribution in [2.75, 3.05) is 19.0 Å². The van der Waals surface area contributed by atoms with Gasteiger partial charge in [-0.25, -0.2) is 9.97 Å². The number of nitrogens with one attached hydrogen (secondary N) is 1. The van der Waals surface area contributed by atoms with Crippen LogP contribution in [0.5, 0.6) is 0 Å². The highest BCUT2D eigenvalue weighted by atomic mass is 15.2. The number of nitrogens with zero attached hydrogens (tertiary/aromatic N) is 3. The number of benzene rings is 1. The molecule has 1 heterocycles. The predicted octanol–water partition coefficient (Wildman–Crippen LogP) is 2.53. The van der Waals surface area contributed by atoms with E-state index in [9.17, 15) is 0 Å². The van der Waals surface area contributed by atoms with Crippen molar-refractivity contribution in [3.05, 3.63) is 47.9 Å². The van der Waals surface area contributed by atoms with Crippen LogP contribution in [0.1, 0.15) is 18.3 Å². The maximum Gasteiger partial charge on any atom is 0.144 e. The summed E-state index contributed by atoms with van der Waals surface area (Å²) >= 11 is 0. The average Bonchev–Trinajstić information content (AvgIpc) is 2.47. The maximum absolute atomic E-state index is 4.53. The summed E-state index contributed by atoms with van der Waals surface area (Å²) in [5.74, 6) is 1.71. The Morgan fingerprint density at radius 1 is 1.16 bits per heavy atom. The van der Waals surface area contributed by atoms with Gasteiger partial charge in [0.05, 0.1) is 6.54 Å². The molecule has 0 amide bonds. The van der Waals surface area contributed by atoms with Gasteiger partial charge in [-0.3, -0.25) is 0 Å². The minimum absolute atomic E-state index is 0.677. The summed E-state index contributed by atoms with van der Waals surface area (Å²) in [6.45, 7) is 2.84. The van der Waals surface area contributed by atoms with Gasteiger partial charge in [0.25, 0.3) is 0 Å². The smallest absolute Gasteiger partial charge is 0.144 e. The van der Waals surface area contributed by atoms with Crippen LogP contribution in [0.25, 0.3) is 0 Å². The van der Waals surface area contributed by atoms with E-state index in [1.54, 1.807) is 6.20 Å². The summed E-state index contributed by atoms with van der Waals surface area (Å²) in [6, 6.07) is 10.5. The lowest BCUT2D eigenvalue weighted by atomic mass is 10.1. The zero-order valence-electron chi connectivity index (χ0n) is 11.7. The van der Waals surface area contributed by atoms with Crippen LogP contribution in [0.2, 0.25) is 0 Å². The quantitative estimate of drug-likeness (QED) is 0.892. The van der Waals surface area contributed by atoms with E-state index in [4.69, 9.17) is 0 Å². The lowest BCUT2D eigenvalue weighted by molar-refractivity contribution is 0.757. The second-order valence-corrected chi connectivity index (χ2v) is 4.44.